The van der Waals surface area contributed by atoms with E-state index in [4.69, 9.17) is 5.73 Å². The zero-order valence-corrected chi connectivity index (χ0v) is 15.0. The largest absolute Gasteiger partial charge is 0.396 e. The number of rotatable bonds is 5. The molecule has 1 aliphatic rings. The van der Waals surface area contributed by atoms with Crippen LogP contribution >= 0.6 is 0 Å². The van der Waals surface area contributed by atoms with E-state index in [0.29, 0.717) is 13.1 Å². The third kappa shape index (κ3) is 2.99. The standard InChI is InChI=1S/C19H24N2O2S/c1-13-15(9-14(10-20)12-22)5-3-6-16(13)17-7-4-8-19-18(17)11-21-24(19,2)23/h3-8,14,22H,9-12,20H2,1-2H3. The quantitative estimate of drug-likeness (QED) is 0.876. The van der Waals surface area contributed by atoms with E-state index in [9.17, 15) is 9.32 Å². The molecule has 0 aromatic heterocycles. The van der Waals surface area contributed by atoms with Gasteiger partial charge in [0, 0.05) is 12.9 Å². The summed E-state index contributed by atoms with van der Waals surface area (Å²) in [5.41, 5.74) is 11.4. The number of nitrogens with two attached hydrogens (primary N) is 1. The van der Waals surface area contributed by atoms with E-state index in [0.717, 1.165) is 28.0 Å². The van der Waals surface area contributed by atoms with Crippen LogP contribution in [0.4, 0.5) is 0 Å². The average Bonchev–Trinajstić information content (AvgIpc) is 2.89. The maximum absolute atomic E-state index is 12.6. The van der Waals surface area contributed by atoms with E-state index in [1.165, 1.54) is 11.1 Å². The van der Waals surface area contributed by atoms with Crippen LogP contribution < -0.4 is 5.73 Å². The molecule has 0 aliphatic carbocycles. The Bertz CT molecular complexity index is 879. The van der Waals surface area contributed by atoms with Crippen LogP contribution in [0.3, 0.4) is 0 Å². The Labute approximate surface area is 143 Å². The molecular weight excluding hydrogens is 320 g/mol. The summed E-state index contributed by atoms with van der Waals surface area (Å²) in [5.74, 6) is 0.0739. The number of aliphatic hydroxyl groups is 1. The molecule has 2 unspecified atom stereocenters. The van der Waals surface area contributed by atoms with Crippen molar-refractivity contribution >= 4 is 9.73 Å². The molecule has 2 aromatic rings. The number of benzene rings is 2. The minimum absolute atomic E-state index is 0.0739. The molecule has 1 heterocycles. The second-order valence-corrected chi connectivity index (χ2v) is 8.75. The second kappa shape index (κ2) is 6.67. The molecule has 1 aliphatic heterocycles. The molecule has 0 amide bonds. The van der Waals surface area contributed by atoms with E-state index in [2.05, 4.69) is 29.5 Å². The van der Waals surface area contributed by atoms with Crippen molar-refractivity contribution in [1.29, 1.82) is 0 Å². The van der Waals surface area contributed by atoms with E-state index in [1.807, 2.05) is 18.2 Å². The van der Waals surface area contributed by atoms with Crippen LogP contribution in [-0.4, -0.2) is 28.7 Å². The Hall–Kier alpha value is -1.69. The van der Waals surface area contributed by atoms with Crippen LogP contribution in [0.15, 0.2) is 45.7 Å². The Balaban J connectivity index is 2.07. The molecule has 2 aromatic carbocycles. The van der Waals surface area contributed by atoms with Crippen molar-refractivity contribution in [2.75, 3.05) is 19.4 Å². The van der Waals surface area contributed by atoms with Gasteiger partial charge in [0.25, 0.3) is 0 Å². The van der Waals surface area contributed by atoms with Gasteiger partial charge in [-0.2, -0.15) is 0 Å². The van der Waals surface area contributed by atoms with Gasteiger partial charge in [0.15, 0.2) is 0 Å². The first kappa shape index (κ1) is 17.1. The minimum atomic E-state index is -2.26. The van der Waals surface area contributed by atoms with Crippen molar-refractivity contribution in [2.24, 2.45) is 16.0 Å². The van der Waals surface area contributed by atoms with Gasteiger partial charge in [0.05, 0.1) is 21.2 Å². The SMILES string of the molecule is Cc1c(CC(CN)CO)cccc1-c1cccc2c1CN=S2(C)=O. The van der Waals surface area contributed by atoms with Crippen LogP contribution in [-0.2, 0) is 22.7 Å². The number of hydrogen-bond donors (Lipinski definition) is 2. The highest BCUT2D eigenvalue weighted by Gasteiger charge is 2.22. The molecule has 24 heavy (non-hydrogen) atoms. The molecule has 0 fully saturated rings. The van der Waals surface area contributed by atoms with Gasteiger partial charge in [0.2, 0.25) is 0 Å². The normalized spacial score (nSPS) is 20.5. The molecule has 0 saturated carbocycles. The van der Waals surface area contributed by atoms with E-state index in [-0.39, 0.29) is 12.5 Å². The van der Waals surface area contributed by atoms with Gasteiger partial charge in [-0.25, -0.2) is 8.57 Å². The summed E-state index contributed by atoms with van der Waals surface area (Å²) < 4.78 is 16.9. The van der Waals surface area contributed by atoms with Crippen LogP contribution in [0.25, 0.3) is 11.1 Å². The van der Waals surface area contributed by atoms with Gasteiger partial charge in [-0.1, -0.05) is 30.3 Å². The van der Waals surface area contributed by atoms with Crippen molar-refractivity contribution < 1.29 is 9.32 Å². The highest BCUT2D eigenvalue weighted by atomic mass is 32.2. The van der Waals surface area contributed by atoms with E-state index < -0.39 is 9.73 Å². The van der Waals surface area contributed by atoms with Gasteiger partial charge >= 0.3 is 0 Å². The first-order valence-electron chi connectivity index (χ1n) is 8.17. The molecule has 128 valence electrons. The van der Waals surface area contributed by atoms with Crippen LogP contribution in [0, 0.1) is 12.8 Å². The van der Waals surface area contributed by atoms with Gasteiger partial charge < -0.3 is 10.8 Å². The van der Waals surface area contributed by atoms with Crippen molar-refractivity contribution in [3.63, 3.8) is 0 Å². The summed E-state index contributed by atoms with van der Waals surface area (Å²) in [6.45, 7) is 3.17. The Morgan fingerprint density at radius 1 is 1.25 bits per heavy atom. The third-order valence-electron chi connectivity index (χ3n) is 4.85. The van der Waals surface area contributed by atoms with Crippen molar-refractivity contribution in [2.45, 2.75) is 24.8 Å². The van der Waals surface area contributed by atoms with Crippen molar-refractivity contribution in [3.8, 4) is 11.1 Å². The van der Waals surface area contributed by atoms with Gasteiger partial charge in [0.1, 0.15) is 0 Å². The second-order valence-electron chi connectivity index (χ2n) is 6.45. The molecule has 5 heteroatoms. The molecule has 2 atom stereocenters. The van der Waals surface area contributed by atoms with Gasteiger partial charge in [-0.3, -0.25) is 0 Å². The average molecular weight is 344 g/mol. The van der Waals surface area contributed by atoms with Crippen molar-refractivity contribution in [3.05, 3.63) is 53.1 Å². The Morgan fingerprint density at radius 2 is 1.96 bits per heavy atom. The fourth-order valence-corrected chi connectivity index (χ4v) is 4.80. The number of nitrogens with zero attached hydrogens (tertiary/aromatic N) is 1. The van der Waals surface area contributed by atoms with Gasteiger partial charge in [-0.05, 0) is 59.7 Å². The summed E-state index contributed by atoms with van der Waals surface area (Å²) in [4.78, 5) is 0.861. The zero-order chi connectivity index (χ0) is 17.3. The third-order valence-corrected chi connectivity index (χ3v) is 6.67. The van der Waals surface area contributed by atoms with E-state index in [1.54, 1.807) is 6.26 Å². The molecule has 4 nitrogen and oxygen atoms in total. The Kier molecular flexibility index (Phi) is 4.76. The number of fused-ring (bicyclic) bond motifs is 1. The van der Waals surface area contributed by atoms with Crippen LogP contribution in [0.5, 0.6) is 0 Å². The fourth-order valence-electron chi connectivity index (χ4n) is 3.32. The molecule has 0 saturated heterocycles. The fraction of sp³-hybridized carbons (Fsp3) is 0.368. The lowest BCUT2D eigenvalue weighted by molar-refractivity contribution is 0.229. The topological polar surface area (TPSA) is 75.7 Å². The molecule has 3 rings (SSSR count). The lowest BCUT2D eigenvalue weighted by Crippen LogP contribution is -2.20. The Morgan fingerprint density at radius 3 is 2.67 bits per heavy atom. The number of hydrogen-bond acceptors (Lipinski definition) is 4. The zero-order valence-electron chi connectivity index (χ0n) is 14.2. The summed E-state index contributed by atoms with van der Waals surface area (Å²) in [6, 6.07) is 12.2. The highest BCUT2D eigenvalue weighted by molar-refractivity contribution is 7.93. The van der Waals surface area contributed by atoms with Crippen LogP contribution in [0.2, 0.25) is 0 Å². The summed E-state index contributed by atoms with van der Waals surface area (Å²) in [5, 5.41) is 9.42. The lowest BCUT2D eigenvalue weighted by atomic mass is 9.89. The maximum atomic E-state index is 12.6. The first-order chi connectivity index (χ1) is 11.5. The summed E-state index contributed by atoms with van der Waals surface area (Å²) in [6.07, 6.45) is 2.47. The predicted molar refractivity (Wildman–Crippen MR) is 98.4 cm³/mol. The molecule has 0 spiro atoms. The monoisotopic (exact) mass is 344 g/mol. The van der Waals surface area contributed by atoms with Crippen molar-refractivity contribution in [1.82, 2.24) is 0 Å². The van der Waals surface area contributed by atoms with Gasteiger partial charge in [-0.15, -0.1) is 0 Å². The molecule has 3 N–H and O–H groups in total. The highest BCUT2D eigenvalue weighted by Crippen LogP contribution is 2.36. The molecule has 0 bridgehead atoms. The molecule has 0 radical (unpaired) electrons. The lowest BCUT2D eigenvalue weighted by Gasteiger charge is -2.17. The maximum Gasteiger partial charge on any atom is 0.0756 e. The molecular formula is C19H24N2O2S. The first-order valence-corrected chi connectivity index (χ1v) is 10.1. The number of aliphatic hydroxyl groups excluding tert-OH is 1. The summed E-state index contributed by atoms with van der Waals surface area (Å²) >= 11 is 0. The minimum Gasteiger partial charge on any atom is -0.396 e. The van der Waals surface area contributed by atoms with E-state index >= 15 is 0 Å². The summed E-state index contributed by atoms with van der Waals surface area (Å²) in [7, 11) is -2.26. The van der Waals surface area contributed by atoms with Crippen LogP contribution in [0.1, 0.15) is 16.7 Å². The predicted octanol–water partition coefficient (Wildman–Crippen LogP) is 2.74. The smallest absolute Gasteiger partial charge is 0.0756 e.